The summed E-state index contributed by atoms with van der Waals surface area (Å²) in [5.74, 6) is -0.0852. The highest BCUT2D eigenvalue weighted by Gasteiger charge is 2.27. The molecule has 0 saturated carbocycles. The first-order valence-corrected chi connectivity index (χ1v) is 4.67. The average molecular weight is 224 g/mol. The monoisotopic (exact) mass is 224 g/mol. The number of halogens is 3. The number of alkyl halides is 3. The molecule has 78 valence electrons. The summed E-state index contributed by atoms with van der Waals surface area (Å²) in [5, 5.41) is 0. The van der Waals surface area contributed by atoms with E-state index in [2.05, 4.69) is 4.98 Å². The standard InChI is InChI=1S/C7H7F3N2OS/c8-7(9,10)14-2-1-12-3-6(4-13)11-5-12/h3-5H,1-2H2. The van der Waals surface area contributed by atoms with Crippen LogP contribution in [0.4, 0.5) is 13.2 Å². The molecule has 0 atom stereocenters. The molecule has 0 unspecified atom stereocenters. The van der Waals surface area contributed by atoms with Crippen molar-refractivity contribution in [2.24, 2.45) is 0 Å². The van der Waals surface area contributed by atoms with Crippen molar-refractivity contribution >= 4 is 18.0 Å². The maximum absolute atomic E-state index is 11.7. The third-order valence-electron chi connectivity index (χ3n) is 1.39. The Balaban J connectivity index is 2.35. The summed E-state index contributed by atoms with van der Waals surface area (Å²) in [5.41, 5.74) is -3.98. The lowest BCUT2D eigenvalue weighted by molar-refractivity contribution is -0.0328. The smallest absolute Gasteiger partial charge is 0.336 e. The van der Waals surface area contributed by atoms with Gasteiger partial charge in [-0.25, -0.2) is 4.98 Å². The topological polar surface area (TPSA) is 34.9 Å². The molecule has 0 N–H and O–H groups in total. The van der Waals surface area contributed by atoms with Crippen molar-refractivity contribution in [1.29, 1.82) is 0 Å². The predicted molar refractivity (Wildman–Crippen MR) is 46.1 cm³/mol. The minimum Gasteiger partial charge on any atom is -0.336 e. The van der Waals surface area contributed by atoms with Crippen molar-refractivity contribution in [3.8, 4) is 0 Å². The van der Waals surface area contributed by atoms with E-state index in [4.69, 9.17) is 0 Å². The van der Waals surface area contributed by atoms with Crippen LogP contribution in [0.25, 0.3) is 0 Å². The lowest BCUT2D eigenvalue weighted by atomic mass is 10.5. The van der Waals surface area contributed by atoms with Crippen molar-refractivity contribution in [1.82, 2.24) is 9.55 Å². The molecule has 7 heteroatoms. The van der Waals surface area contributed by atoms with Crippen LogP contribution in [-0.2, 0) is 6.54 Å². The number of hydrogen-bond donors (Lipinski definition) is 0. The van der Waals surface area contributed by atoms with Gasteiger partial charge < -0.3 is 4.57 Å². The third kappa shape index (κ3) is 3.82. The number of carbonyl (C=O) groups excluding carboxylic acids is 1. The number of imidazole rings is 1. The van der Waals surface area contributed by atoms with Gasteiger partial charge in [0.2, 0.25) is 0 Å². The number of rotatable bonds is 4. The summed E-state index contributed by atoms with van der Waals surface area (Å²) >= 11 is -0.0917. The summed E-state index contributed by atoms with van der Waals surface area (Å²) in [4.78, 5) is 13.8. The van der Waals surface area contributed by atoms with E-state index < -0.39 is 5.51 Å². The van der Waals surface area contributed by atoms with Crippen molar-refractivity contribution in [2.75, 3.05) is 5.75 Å². The molecule has 0 fully saturated rings. The molecular formula is C7H7F3N2OS. The van der Waals surface area contributed by atoms with E-state index in [-0.39, 0.29) is 29.8 Å². The van der Waals surface area contributed by atoms with Gasteiger partial charge in [0, 0.05) is 18.5 Å². The Morgan fingerprint density at radius 1 is 1.57 bits per heavy atom. The quantitative estimate of drug-likeness (QED) is 0.733. The van der Waals surface area contributed by atoms with Gasteiger partial charge in [0.05, 0.1) is 6.33 Å². The number of aromatic nitrogens is 2. The summed E-state index contributed by atoms with van der Waals surface area (Å²) in [6, 6.07) is 0. The predicted octanol–water partition coefficient (Wildman–Crippen LogP) is 1.95. The van der Waals surface area contributed by atoms with Crippen LogP contribution >= 0.6 is 11.8 Å². The molecule has 0 spiro atoms. The van der Waals surface area contributed by atoms with Gasteiger partial charge in [-0.15, -0.1) is 0 Å². The number of nitrogens with zero attached hydrogens (tertiary/aromatic N) is 2. The van der Waals surface area contributed by atoms with Gasteiger partial charge in [0.15, 0.2) is 6.29 Å². The second-order valence-electron chi connectivity index (χ2n) is 2.45. The Kier molecular flexibility index (Phi) is 3.56. The van der Waals surface area contributed by atoms with E-state index in [0.29, 0.717) is 6.29 Å². The van der Waals surface area contributed by atoms with E-state index in [1.807, 2.05) is 0 Å². The first-order valence-electron chi connectivity index (χ1n) is 3.69. The van der Waals surface area contributed by atoms with Crippen LogP contribution in [-0.4, -0.2) is 27.1 Å². The Morgan fingerprint density at radius 3 is 2.79 bits per heavy atom. The fraction of sp³-hybridized carbons (Fsp3) is 0.429. The number of aryl methyl sites for hydroxylation is 1. The largest absolute Gasteiger partial charge is 0.441 e. The molecule has 1 aromatic rings. The SMILES string of the molecule is O=Cc1cn(CCSC(F)(F)F)cn1. The lowest BCUT2D eigenvalue weighted by Gasteiger charge is -2.05. The Morgan fingerprint density at radius 2 is 2.29 bits per heavy atom. The second kappa shape index (κ2) is 4.50. The van der Waals surface area contributed by atoms with Gasteiger partial charge in [0.25, 0.3) is 0 Å². The van der Waals surface area contributed by atoms with E-state index in [9.17, 15) is 18.0 Å². The molecule has 0 bridgehead atoms. The summed E-state index contributed by atoms with van der Waals surface area (Å²) in [7, 11) is 0. The highest BCUT2D eigenvalue weighted by molar-refractivity contribution is 8.00. The molecule has 3 nitrogen and oxygen atoms in total. The van der Waals surface area contributed by atoms with Crippen LogP contribution in [0.15, 0.2) is 12.5 Å². The van der Waals surface area contributed by atoms with Crippen molar-refractivity contribution < 1.29 is 18.0 Å². The maximum atomic E-state index is 11.7. The Bertz CT molecular complexity index is 310. The van der Waals surface area contributed by atoms with Crippen LogP contribution < -0.4 is 0 Å². The van der Waals surface area contributed by atoms with Crippen LogP contribution in [0.2, 0.25) is 0 Å². The molecule has 1 heterocycles. The molecule has 0 amide bonds. The zero-order valence-electron chi connectivity index (χ0n) is 6.99. The van der Waals surface area contributed by atoms with E-state index >= 15 is 0 Å². The van der Waals surface area contributed by atoms with Crippen LogP contribution in [0.3, 0.4) is 0 Å². The normalized spacial score (nSPS) is 11.6. The Labute approximate surface area is 82.3 Å². The van der Waals surface area contributed by atoms with Gasteiger partial charge in [0.1, 0.15) is 5.69 Å². The van der Waals surface area contributed by atoms with Crippen LogP contribution in [0.5, 0.6) is 0 Å². The minimum absolute atomic E-state index is 0.0852. The molecular weight excluding hydrogens is 217 g/mol. The fourth-order valence-electron chi connectivity index (χ4n) is 0.827. The molecule has 14 heavy (non-hydrogen) atoms. The van der Waals surface area contributed by atoms with Crippen molar-refractivity contribution in [3.63, 3.8) is 0 Å². The van der Waals surface area contributed by atoms with Gasteiger partial charge in [-0.1, -0.05) is 0 Å². The second-order valence-corrected chi connectivity index (χ2v) is 3.61. The zero-order valence-corrected chi connectivity index (χ0v) is 7.81. The number of aldehydes is 1. The molecule has 1 rings (SSSR count). The molecule has 0 aliphatic heterocycles. The molecule has 0 saturated heterocycles. The first-order chi connectivity index (χ1) is 6.51. The van der Waals surface area contributed by atoms with Gasteiger partial charge >= 0.3 is 5.51 Å². The molecule has 1 aromatic heterocycles. The average Bonchev–Trinajstić information content (AvgIpc) is 2.50. The summed E-state index contributed by atoms with van der Waals surface area (Å²) in [6.45, 7) is 0.186. The van der Waals surface area contributed by atoms with E-state index in [1.165, 1.54) is 17.1 Å². The summed E-state index contributed by atoms with van der Waals surface area (Å²) in [6.07, 6.45) is 3.29. The molecule has 0 aliphatic carbocycles. The number of hydrogen-bond acceptors (Lipinski definition) is 3. The summed E-state index contributed by atoms with van der Waals surface area (Å²) < 4.78 is 36.6. The molecule has 0 radical (unpaired) electrons. The lowest BCUT2D eigenvalue weighted by Crippen LogP contribution is -2.05. The Hall–Kier alpha value is -0.980. The highest BCUT2D eigenvalue weighted by atomic mass is 32.2. The fourth-order valence-corrected chi connectivity index (χ4v) is 1.36. The number of carbonyl (C=O) groups is 1. The number of thioether (sulfide) groups is 1. The van der Waals surface area contributed by atoms with Gasteiger partial charge in [-0.05, 0) is 11.8 Å². The molecule has 0 aliphatic rings. The van der Waals surface area contributed by atoms with Gasteiger partial charge in [-0.3, -0.25) is 4.79 Å². The van der Waals surface area contributed by atoms with E-state index in [0.717, 1.165) is 0 Å². The van der Waals surface area contributed by atoms with Crippen LogP contribution in [0.1, 0.15) is 10.5 Å². The minimum atomic E-state index is -4.20. The van der Waals surface area contributed by atoms with Gasteiger partial charge in [-0.2, -0.15) is 13.2 Å². The van der Waals surface area contributed by atoms with Crippen LogP contribution in [0, 0.1) is 0 Å². The first kappa shape index (κ1) is 11.1. The molecule has 0 aromatic carbocycles. The third-order valence-corrected chi connectivity index (χ3v) is 2.10. The van der Waals surface area contributed by atoms with Crippen molar-refractivity contribution in [2.45, 2.75) is 12.1 Å². The van der Waals surface area contributed by atoms with E-state index in [1.54, 1.807) is 0 Å². The van der Waals surface area contributed by atoms with Crippen molar-refractivity contribution in [3.05, 3.63) is 18.2 Å². The highest BCUT2D eigenvalue weighted by Crippen LogP contribution is 2.29. The maximum Gasteiger partial charge on any atom is 0.441 e. The zero-order chi connectivity index (χ0) is 10.6.